The Morgan fingerprint density at radius 2 is 0.750 bits per heavy atom. The van der Waals surface area contributed by atoms with Gasteiger partial charge in [-0.05, 0) is 120 Å². The third-order valence-corrected chi connectivity index (χ3v) is 18.3. The number of aliphatic hydroxyl groups is 6. The van der Waals surface area contributed by atoms with Crippen LogP contribution in [-0.2, 0) is 38.0 Å². The maximum absolute atomic E-state index is 12.6. The van der Waals surface area contributed by atoms with Gasteiger partial charge in [0.15, 0.2) is 12.6 Å². The number of hydrogen-bond acceptors (Lipinski definition) is 14. The zero-order valence-electron chi connectivity index (χ0n) is 62.7. The number of carbonyl (C=O) groups is 2. The molecule has 0 aromatic rings. The number of ether oxygens (including phenoxy) is 6. The average molecular weight is 1340 g/mol. The minimum Gasteiger partial charge on any atom is -0.463 e. The Bertz CT molecular complexity index is 2460. The van der Waals surface area contributed by atoms with Crippen molar-refractivity contribution >= 4 is 11.9 Å². The van der Waals surface area contributed by atoms with Crippen molar-refractivity contribution in [3.8, 4) is 0 Å². The van der Waals surface area contributed by atoms with E-state index in [-0.39, 0.29) is 61.0 Å². The van der Waals surface area contributed by atoms with Crippen molar-refractivity contribution in [3.63, 3.8) is 0 Å². The van der Waals surface area contributed by atoms with Crippen molar-refractivity contribution < 1.29 is 68.6 Å². The monoisotopic (exact) mass is 1340 g/mol. The largest absolute Gasteiger partial charge is 0.463 e. The zero-order valence-corrected chi connectivity index (χ0v) is 62.7. The quantitative estimate of drug-likeness (QED) is 0.0193. The third kappa shape index (κ3) is 33.7. The standard InChI is InChI=1S/C78H124O14.C4H10/c1-53(2)33-25-21-17-15-19-23-27-41-67(79)87-51-65-69(81)71(83)73(85)75(91-65)89-61-47-59(9)63(77(11,12)49-61)45-43-57(7)39-31-37-55(5)35-29-30-36-56(6)38-32-40-58(8)44-46-64-60(10)48-62(50-78(64,13)14)90-76-74(86)72(84)70(82)66(92-76)52-88-68(80)42-28-24-20-16-18-22-26-34-54(3)4;1-4(2)3/h29-32,35-40,43-46,53-54,61-62,65-66,69-76,81-86H,15-28,33-34,41-42,47-52H2,1-14H3;4H,1-3H3/b30-29+,37-31+,38-32+,45-43+,46-44+,55-35+,56-36+,57-39+,58-40+;/t61-,62-,65-,66-,69-,70-,71?,72?,73?,74?,75-,76-;/m1./s1. The van der Waals surface area contributed by atoms with Crippen molar-refractivity contribution in [2.45, 2.75) is 333 Å². The van der Waals surface area contributed by atoms with Crippen LogP contribution in [0.4, 0.5) is 0 Å². The first-order valence-corrected chi connectivity index (χ1v) is 36.8. The molecule has 4 rings (SSSR count). The molecule has 0 bridgehead atoms. The Morgan fingerprint density at radius 1 is 0.448 bits per heavy atom. The van der Waals surface area contributed by atoms with Crippen LogP contribution in [0.25, 0.3) is 0 Å². The SMILES string of the molecule is CC(C)C.CC1=C(/C=C/C(C)=C/C=C/C(C)=C/C=C/C=C(C)/C=C/C=C(C)/C=C/C2=C(C)C[C@@H](O[C@@H]3O[C@H](COC(=O)CCCCCCCCCC(C)C)[C@@H](O)C(O)C3O)CC2(C)C)C(C)(C)C[C@H](O[C@@H]2O[C@H](COC(=O)CCCCCCCCCC(C)C)[C@@H](O)C(O)C2O)C1. The summed E-state index contributed by atoms with van der Waals surface area (Å²) in [7, 11) is 0. The summed E-state index contributed by atoms with van der Waals surface area (Å²) in [5.74, 6) is 1.59. The molecule has 96 heavy (non-hydrogen) atoms. The fourth-order valence-corrected chi connectivity index (χ4v) is 12.9. The van der Waals surface area contributed by atoms with E-state index < -0.39 is 61.4 Å². The molecule has 0 aromatic carbocycles. The molecular weight excluding hydrogens is 1210 g/mol. The van der Waals surface area contributed by atoms with Gasteiger partial charge in [0.1, 0.15) is 62.0 Å². The van der Waals surface area contributed by atoms with Gasteiger partial charge in [-0.25, -0.2) is 0 Å². The molecule has 546 valence electrons. The lowest BCUT2D eigenvalue weighted by molar-refractivity contribution is -0.313. The van der Waals surface area contributed by atoms with E-state index in [1.807, 2.05) is 24.3 Å². The second kappa shape index (κ2) is 45.4. The van der Waals surface area contributed by atoms with Crippen molar-refractivity contribution in [2.75, 3.05) is 13.2 Å². The fraction of sp³-hybridized carbons (Fsp3) is 0.707. The Kier molecular flexibility index (Phi) is 40.7. The van der Waals surface area contributed by atoms with Gasteiger partial charge >= 0.3 is 11.9 Å². The summed E-state index contributed by atoms with van der Waals surface area (Å²) in [6.45, 7) is 36.2. The molecule has 2 aliphatic heterocycles. The molecule has 0 saturated carbocycles. The van der Waals surface area contributed by atoms with Crippen molar-refractivity contribution in [2.24, 2.45) is 28.6 Å². The third-order valence-electron chi connectivity index (χ3n) is 18.3. The molecule has 2 saturated heterocycles. The number of unbranched alkanes of at least 4 members (excludes halogenated alkanes) is 12. The van der Waals surface area contributed by atoms with Gasteiger partial charge in [-0.1, -0.05) is 285 Å². The van der Waals surface area contributed by atoms with Crippen LogP contribution in [0, 0.1) is 28.6 Å². The van der Waals surface area contributed by atoms with Crippen LogP contribution < -0.4 is 0 Å². The first-order valence-electron chi connectivity index (χ1n) is 36.8. The number of esters is 2. The first-order chi connectivity index (χ1) is 45.3. The van der Waals surface area contributed by atoms with E-state index in [1.165, 1.54) is 75.4 Å². The van der Waals surface area contributed by atoms with Gasteiger partial charge in [0.2, 0.25) is 0 Å². The highest BCUT2D eigenvalue weighted by Gasteiger charge is 2.48. The summed E-state index contributed by atoms with van der Waals surface area (Å²) in [5, 5.41) is 64.8. The van der Waals surface area contributed by atoms with Crippen molar-refractivity contribution in [1.29, 1.82) is 0 Å². The molecular formula is C82H134O14. The van der Waals surface area contributed by atoms with Crippen LogP contribution in [0.3, 0.4) is 0 Å². The van der Waals surface area contributed by atoms with Crippen LogP contribution in [0.1, 0.15) is 259 Å². The van der Waals surface area contributed by atoms with Crippen LogP contribution in [0.2, 0.25) is 0 Å². The Hall–Kier alpha value is -4.32. The fourth-order valence-electron chi connectivity index (χ4n) is 12.9. The normalized spacial score (nSPS) is 27.2. The maximum atomic E-state index is 12.6. The minimum atomic E-state index is -1.52. The molecule has 2 heterocycles. The summed E-state index contributed by atoms with van der Waals surface area (Å²) < 4.78 is 35.6. The van der Waals surface area contributed by atoms with E-state index in [0.29, 0.717) is 25.7 Å². The Morgan fingerprint density at radius 3 is 1.07 bits per heavy atom. The van der Waals surface area contributed by atoms with Gasteiger partial charge in [-0.2, -0.15) is 0 Å². The molecule has 4 unspecified atom stereocenters. The summed E-state index contributed by atoms with van der Waals surface area (Å²) in [6.07, 6.45) is 36.3. The Labute approximate surface area is 581 Å². The van der Waals surface area contributed by atoms with Gasteiger partial charge in [0.25, 0.3) is 0 Å². The molecule has 14 heteroatoms. The summed E-state index contributed by atoms with van der Waals surface area (Å²) in [5.41, 5.74) is 8.58. The number of rotatable bonds is 38. The lowest BCUT2D eigenvalue weighted by atomic mass is 9.71. The van der Waals surface area contributed by atoms with Crippen LogP contribution in [-0.4, -0.2) is 129 Å². The maximum Gasteiger partial charge on any atom is 0.305 e. The van der Waals surface area contributed by atoms with E-state index in [4.69, 9.17) is 28.4 Å². The van der Waals surface area contributed by atoms with Gasteiger partial charge in [0, 0.05) is 12.8 Å². The predicted octanol–water partition coefficient (Wildman–Crippen LogP) is 17.3. The molecule has 0 spiro atoms. The van der Waals surface area contributed by atoms with Crippen LogP contribution in [0.15, 0.2) is 130 Å². The topological polar surface area (TPSA) is 211 Å². The van der Waals surface area contributed by atoms with Crippen molar-refractivity contribution in [3.05, 3.63) is 130 Å². The van der Waals surface area contributed by atoms with Crippen molar-refractivity contribution in [1.82, 2.24) is 0 Å². The number of carbonyl (C=O) groups excluding carboxylic acids is 2. The van der Waals surface area contributed by atoms with E-state index in [2.05, 4.69) is 178 Å². The average Bonchev–Trinajstić information content (AvgIpc) is 0.801. The highest BCUT2D eigenvalue weighted by atomic mass is 16.7. The van der Waals surface area contributed by atoms with E-state index >= 15 is 0 Å². The van der Waals surface area contributed by atoms with Gasteiger partial charge < -0.3 is 59.1 Å². The molecule has 2 fully saturated rings. The van der Waals surface area contributed by atoms with Crippen LogP contribution >= 0.6 is 0 Å². The Balaban J connectivity index is 0.00000583. The van der Waals surface area contributed by atoms with E-state index in [9.17, 15) is 40.2 Å². The smallest absolute Gasteiger partial charge is 0.305 e. The molecule has 6 N–H and O–H groups in total. The number of hydrogen-bond donors (Lipinski definition) is 6. The summed E-state index contributed by atoms with van der Waals surface area (Å²) in [6, 6.07) is 0. The minimum absolute atomic E-state index is 0.238. The van der Waals surface area contributed by atoms with E-state index in [0.717, 1.165) is 89.7 Å². The summed E-state index contributed by atoms with van der Waals surface area (Å²) in [4.78, 5) is 25.1. The lowest BCUT2D eigenvalue weighted by Crippen LogP contribution is -2.60. The van der Waals surface area contributed by atoms with Gasteiger partial charge in [-0.3, -0.25) is 9.59 Å². The second-order valence-electron chi connectivity index (χ2n) is 30.8. The predicted molar refractivity (Wildman–Crippen MR) is 390 cm³/mol. The first kappa shape index (κ1) is 85.9. The molecule has 4 aliphatic rings. The second-order valence-corrected chi connectivity index (χ2v) is 30.8. The van der Waals surface area contributed by atoms with Gasteiger partial charge in [-0.15, -0.1) is 0 Å². The highest BCUT2D eigenvalue weighted by molar-refractivity contribution is 5.69. The van der Waals surface area contributed by atoms with Crippen LogP contribution in [0.5, 0.6) is 0 Å². The number of allylic oxidation sites excluding steroid dienone is 20. The molecule has 0 aromatic heterocycles. The molecule has 2 aliphatic carbocycles. The summed E-state index contributed by atoms with van der Waals surface area (Å²) >= 11 is 0. The zero-order chi connectivity index (χ0) is 71.5. The molecule has 12 atom stereocenters. The molecule has 14 nitrogen and oxygen atoms in total. The molecule has 0 radical (unpaired) electrons. The lowest BCUT2D eigenvalue weighted by Gasteiger charge is -2.43. The number of aliphatic hydroxyl groups excluding tert-OH is 6. The molecule has 0 amide bonds. The highest BCUT2D eigenvalue weighted by Crippen LogP contribution is 2.45. The van der Waals surface area contributed by atoms with Gasteiger partial charge in [0.05, 0.1) is 12.2 Å². The van der Waals surface area contributed by atoms with E-state index in [1.54, 1.807) is 0 Å².